The maximum atomic E-state index is 13.4. The van der Waals surface area contributed by atoms with Gasteiger partial charge in [-0.1, -0.05) is 0 Å². The van der Waals surface area contributed by atoms with Crippen LogP contribution in [0.4, 0.5) is 10.1 Å². The average molecular weight is 210 g/mol. The van der Waals surface area contributed by atoms with Crippen molar-refractivity contribution >= 4 is 11.4 Å². The van der Waals surface area contributed by atoms with Gasteiger partial charge in [0.05, 0.1) is 6.10 Å². The summed E-state index contributed by atoms with van der Waals surface area (Å²) in [6.45, 7) is 5.22. The number of halogens is 1. The molecule has 4 heteroatoms. The molecule has 0 aliphatic rings. The minimum absolute atomic E-state index is 0.109. The predicted octanol–water partition coefficient (Wildman–Crippen LogP) is 2.58. The SMILES string of the molecule is CC(=N)c1cc(OC(C)C)c(F)cc1N. The Morgan fingerprint density at radius 2 is 2.07 bits per heavy atom. The van der Waals surface area contributed by atoms with Gasteiger partial charge in [-0.2, -0.15) is 0 Å². The number of hydrogen-bond acceptors (Lipinski definition) is 3. The van der Waals surface area contributed by atoms with Crippen LogP contribution < -0.4 is 10.5 Å². The second kappa shape index (κ2) is 4.29. The van der Waals surface area contributed by atoms with Crippen LogP contribution in [0.5, 0.6) is 5.75 Å². The van der Waals surface area contributed by atoms with Crippen LogP contribution in [0.1, 0.15) is 26.3 Å². The number of hydrogen-bond donors (Lipinski definition) is 2. The standard InChI is InChI=1S/C11H15FN2O/c1-6(2)15-11-4-8(7(3)13)10(14)5-9(11)12/h4-6,13H,14H2,1-3H3. The number of anilines is 1. The van der Waals surface area contributed by atoms with Crippen LogP contribution in [-0.4, -0.2) is 11.8 Å². The molecule has 0 aliphatic heterocycles. The first kappa shape index (κ1) is 11.5. The van der Waals surface area contributed by atoms with Crippen LogP contribution in [0.3, 0.4) is 0 Å². The predicted molar refractivity (Wildman–Crippen MR) is 59.1 cm³/mol. The highest BCUT2D eigenvalue weighted by atomic mass is 19.1. The van der Waals surface area contributed by atoms with Crippen molar-refractivity contribution in [1.29, 1.82) is 5.41 Å². The summed E-state index contributed by atoms with van der Waals surface area (Å²) in [5.41, 5.74) is 6.65. The molecule has 0 atom stereocenters. The zero-order valence-electron chi connectivity index (χ0n) is 9.10. The third kappa shape index (κ3) is 2.68. The Labute approximate surface area is 88.6 Å². The van der Waals surface area contributed by atoms with E-state index in [0.29, 0.717) is 11.3 Å². The monoisotopic (exact) mass is 210 g/mol. The Kier molecular flexibility index (Phi) is 3.29. The van der Waals surface area contributed by atoms with Crippen molar-refractivity contribution in [2.75, 3.05) is 5.73 Å². The van der Waals surface area contributed by atoms with Crippen molar-refractivity contribution in [2.24, 2.45) is 0 Å². The molecule has 0 saturated carbocycles. The molecule has 0 aliphatic carbocycles. The topological polar surface area (TPSA) is 59.1 Å². The van der Waals surface area contributed by atoms with Crippen molar-refractivity contribution in [1.82, 2.24) is 0 Å². The largest absolute Gasteiger partial charge is 0.488 e. The third-order valence-electron chi connectivity index (χ3n) is 1.87. The zero-order chi connectivity index (χ0) is 11.6. The Morgan fingerprint density at radius 1 is 1.47 bits per heavy atom. The molecule has 1 aromatic carbocycles. The quantitative estimate of drug-likeness (QED) is 0.595. The van der Waals surface area contributed by atoms with E-state index in [1.54, 1.807) is 6.92 Å². The van der Waals surface area contributed by atoms with E-state index in [4.69, 9.17) is 15.9 Å². The van der Waals surface area contributed by atoms with Gasteiger partial charge < -0.3 is 15.9 Å². The van der Waals surface area contributed by atoms with E-state index in [1.165, 1.54) is 12.1 Å². The van der Waals surface area contributed by atoms with Crippen molar-refractivity contribution in [3.63, 3.8) is 0 Å². The van der Waals surface area contributed by atoms with Gasteiger partial charge in [0.15, 0.2) is 11.6 Å². The fourth-order valence-corrected chi connectivity index (χ4v) is 1.24. The highest BCUT2D eigenvalue weighted by Crippen LogP contribution is 2.25. The van der Waals surface area contributed by atoms with Gasteiger partial charge in [0.1, 0.15) is 0 Å². The molecule has 0 aromatic heterocycles. The molecular formula is C11H15FN2O. The van der Waals surface area contributed by atoms with Crippen LogP contribution in [0, 0.1) is 11.2 Å². The maximum Gasteiger partial charge on any atom is 0.167 e. The number of rotatable bonds is 3. The van der Waals surface area contributed by atoms with Gasteiger partial charge >= 0.3 is 0 Å². The molecule has 0 spiro atoms. The van der Waals surface area contributed by atoms with Crippen molar-refractivity contribution < 1.29 is 9.13 Å². The van der Waals surface area contributed by atoms with Crippen molar-refractivity contribution in [3.05, 3.63) is 23.5 Å². The number of ether oxygens (including phenoxy) is 1. The first-order valence-corrected chi connectivity index (χ1v) is 4.73. The smallest absolute Gasteiger partial charge is 0.167 e. The molecule has 0 amide bonds. The second-order valence-electron chi connectivity index (χ2n) is 3.66. The molecule has 0 fully saturated rings. The summed E-state index contributed by atoms with van der Waals surface area (Å²) in [4.78, 5) is 0. The minimum Gasteiger partial charge on any atom is -0.488 e. The first-order valence-electron chi connectivity index (χ1n) is 4.73. The van der Waals surface area contributed by atoms with Crippen LogP contribution in [0.25, 0.3) is 0 Å². The summed E-state index contributed by atoms with van der Waals surface area (Å²) < 4.78 is 18.6. The van der Waals surface area contributed by atoms with Crippen LogP contribution in [0.2, 0.25) is 0 Å². The highest BCUT2D eigenvalue weighted by Gasteiger charge is 2.11. The number of benzene rings is 1. The number of nitrogen functional groups attached to an aromatic ring is 1. The Bertz CT molecular complexity index is 388. The Balaban J connectivity index is 3.17. The molecule has 82 valence electrons. The summed E-state index contributed by atoms with van der Waals surface area (Å²) in [7, 11) is 0. The molecule has 1 aromatic rings. The van der Waals surface area contributed by atoms with Gasteiger partial charge in [-0.05, 0) is 26.8 Å². The Hall–Kier alpha value is -1.58. The lowest BCUT2D eigenvalue weighted by atomic mass is 10.1. The molecule has 0 bridgehead atoms. The van der Waals surface area contributed by atoms with Gasteiger partial charge in [0, 0.05) is 23.0 Å². The highest BCUT2D eigenvalue weighted by molar-refractivity contribution is 6.01. The molecule has 1 rings (SSSR count). The Morgan fingerprint density at radius 3 is 2.53 bits per heavy atom. The summed E-state index contributed by atoms with van der Waals surface area (Å²) in [5, 5.41) is 7.47. The van der Waals surface area contributed by atoms with E-state index in [2.05, 4.69) is 0 Å². The van der Waals surface area contributed by atoms with E-state index in [-0.39, 0.29) is 17.5 Å². The molecule has 0 heterocycles. The molecule has 3 N–H and O–H groups in total. The lowest BCUT2D eigenvalue weighted by Gasteiger charge is -2.13. The fraction of sp³-hybridized carbons (Fsp3) is 0.364. The molecular weight excluding hydrogens is 195 g/mol. The summed E-state index contributed by atoms with van der Waals surface area (Å²) in [6, 6.07) is 2.65. The van der Waals surface area contributed by atoms with E-state index in [9.17, 15) is 4.39 Å². The maximum absolute atomic E-state index is 13.4. The molecule has 0 unspecified atom stereocenters. The lowest BCUT2D eigenvalue weighted by Crippen LogP contribution is -2.09. The van der Waals surface area contributed by atoms with Gasteiger partial charge in [0.2, 0.25) is 0 Å². The minimum atomic E-state index is -0.494. The first-order chi connectivity index (χ1) is 6.91. The van der Waals surface area contributed by atoms with Crippen molar-refractivity contribution in [2.45, 2.75) is 26.9 Å². The zero-order valence-corrected chi connectivity index (χ0v) is 9.10. The average Bonchev–Trinajstić information content (AvgIpc) is 2.08. The van der Waals surface area contributed by atoms with Crippen LogP contribution >= 0.6 is 0 Å². The lowest BCUT2D eigenvalue weighted by molar-refractivity contribution is 0.231. The normalized spacial score (nSPS) is 10.5. The summed E-state index contributed by atoms with van der Waals surface area (Å²) in [6.07, 6.45) is -0.109. The van der Waals surface area contributed by atoms with Crippen LogP contribution in [0.15, 0.2) is 12.1 Å². The molecule has 3 nitrogen and oxygen atoms in total. The van der Waals surface area contributed by atoms with Gasteiger partial charge in [-0.25, -0.2) is 4.39 Å². The summed E-state index contributed by atoms with van der Waals surface area (Å²) in [5.74, 6) is -0.355. The molecule has 0 saturated heterocycles. The van der Waals surface area contributed by atoms with E-state index in [1.807, 2.05) is 13.8 Å². The van der Waals surface area contributed by atoms with Crippen LogP contribution in [-0.2, 0) is 0 Å². The van der Waals surface area contributed by atoms with Gasteiger partial charge in [-0.15, -0.1) is 0 Å². The number of nitrogens with one attached hydrogen (secondary N) is 1. The second-order valence-corrected chi connectivity index (χ2v) is 3.66. The molecule has 0 radical (unpaired) electrons. The summed E-state index contributed by atoms with van der Waals surface area (Å²) >= 11 is 0. The molecule has 15 heavy (non-hydrogen) atoms. The fourth-order valence-electron chi connectivity index (χ4n) is 1.24. The third-order valence-corrected chi connectivity index (χ3v) is 1.87. The van der Waals surface area contributed by atoms with Gasteiger partial charge in [-0.3, -0.25) is 0 Å². The van der Waals surface area contributed by atoms with E-state index in [0.717, 1.165) is 0 Å². The van der Waals surface area contributed by atoms with Gasteiger partial charge in [0.25, 0.3) is 0 Å². The van der Waals surface area contributed by atoms with E-state index >= 15 is 0 Å². The van der Waals surface area contributed by atoms with E-state index < -0.39 is 5.82 Å². The van der Waals surface area contributed by atoms with Crippen molar-refractivity contribution in [3.8, 4) is 5.75 Å². The number of nitrogens with two attached hydrogens (primary N) is 1.